The van der Waals surface area contributed by atoms with Gasteiger partial charge in [-0.25, -0.2) is 8.42 Å². The number of aromatic nitrogens is 1. The van der Waals surface area contributed by atoms with Crippen LogP contribution in [0, 0.1) is 6.92 Å². The van der Waals surface area contributed by atoms with Crippen LogP contribution < -0.4 is 18.9 Å². The van der Waals surface area contributed by atoms with Crippen LogP contribution in [0.25, 0.3) is 10.9 Å². The summed E-state index contributed by atoms with van der Waals surface area (Å²) < 4.78 is 84.4. The molecule has 0 radical (unpaired) electrons. The number of rotatable bonds is 7. The molecule has 1 aromatic heterocycles. The van der Waals surface area contributed by atoms with Crippen LogP contribution in [0.5, 0.6) is 23.0 Å². The van der Waals surface area contributed by atoms with E-state index in [1.54, 1.807) is 31.3 Å². The van der Waals surface area contributed by atoms with E-state index >= 15 is 0 Å². The van der Waals surface area contributed by atoms with E-state index < -0.39 is 26.7 Å². The summed E-state index contributed by atoms with van der Waals surface area (Å²) in [5, 5.41) is 0.656. The summed E-state index contributed by atoms with van der Waals surface area (Å²) in [4.78, 5) is 3.49. The summed E-state index contributed by atoms with van der Waals surface area (Å²) >= 11 is 0. The van der Waals surface area contributed by atoms with Gasteiger partial charge in [-0.2, -0.15) is 13.2 Å². The predicted octanol–water partition coefficient (Wildman–Crippen LogP) is 6.17. The van der Waals surface area contributed by atoms with Gasteiger partial charge in [-0.05, 0) is 61.0 Å². The molecule has 188 valence electrons. The van der Waals surface area contributed by atoms with Crippen LogP contribution in [-0.2, 0) is 16.2 Å². The van der Waals surface area contributed by atoms with Gasteiger partial charge in [0.05, 0.1) is 24.7 Å². The van der Waals surface area contributed by atoms with Gasteiger partial charge in [0.2, 0.25) is 0 Å². The molecule has 36 heavy (non-hydrogen) atoms. The molecule has 4 rings (SSSR count). The Hall–Kier alpha value is -3.99. The van der Waals surface area contributed by atoms with Gasteiger partial charge in [-0.3, -0.25) is 9.71 Å². The minimum absolute atomic E-state index is 0.0859. The molecule has 1 heterocycles. The van der Waals surface area contributed by atoms with Crippen molar-refractivity contribution in [2.24, 2.45) is 0 Å². The van der Waals surface area contributed by atoms with E-state index in [1.165, 1.54) is 38.5 Å². The van der Waals surface area contributed by atoms with Gasteiger partial charge in [-0.15, -0.1) is 0 Å². The second-order valence-electron chi connectivity index (χ2n) is 7.69. The minimum Gasteiger partial charge on any atom is -0.493 e. The molecule has 7 nitrogen and oxygen atoms in total. The van der Waals surface area contributed by atoms with Crippen molar-refractivity contribution in [1.29, 1.82) is 0 Å². The van der Waals surface area contributed by atoms with E-state index in [-0.39, 0.29) is 5.69 Å². The molecule has 0 spiro atoms. The van der Waals surface area contributed by atoms with E-state index in [0.717, 1.165) is 18.2 Å². The number of halogens is 3. The lowest BCUT2D eigenvalue weighted by molar-refractivity contribution is -0.139. The van der Waals surface area contributed by atoms with Gasteiger partial charge in [-0.1, -0.05) is 12.1 Å². The minimum atomic E-state index is -4.82. The molecule has 0 aliphatic heterocycles. The van der Waals surface area contributed by atoms with Gasteiger partial charge in [0.25, 0.3) is 10.0 Å². The number of hydrogen-bond donors (Lipinski definition) is 1. The maximum Gasteiger partial charge on any atom is 0.417 e. The highest BCUT2D eigenvalue weighted by molar-refractivity contribution is 7.92. The van der Waals surface area contributed by atoms with Crippen LogP contribution in [0.4, 0.5) is 18.9 Å². The topological polar surface area (TPSA) is 86.8 Å². The molecule has 0 aliphatic rings. The van der Waals surface area contributed by atoms with Gasteiger partial charge >= 0.3 is 6.18 Å². The van der Waals surface area contributed by atoms with Gasteiger partial charge in [0, 0.05) is 17.3 Å². The molecule has 4 aromatic rings. The molecule has 0 amide bonds. The summed E-state index contributed by atoms with van der Waals surface area (Å²) in [5.41, 5.74) is -0.0851. The van der Waals surface area contributed by atoms with Crippen LogP contribution in [0.1, 0.15) is 11.1 Å². The van der Waals surface area contributed by atoms with E-state index in [1.807, 2.05) is 0 Å². The van der Waals surface area contributed by atoms with Crippen LogP contribution in [0.15, 0.2) is 71.8 Å². The summed E-state index contributed by atoms with van der Waals surface area (Å²) in [7, 11) is -1.48. The molecule has 0 saturated heterocycles. The molecule has 3 aromatic carbocycles. The fourth-order valence-electron chi connectivity index (χ4n) is 3.69. The first kappa shape index (κ1) is 25.1. The van der Waals surface area contributed by atoms with E-state index in [2.05, 4.69) is 9.71 Å². The van der Waals surface area contributed by atoms with Crippen LogP contribution >= 0.6 is 0 Å². The van der Waals surface area contributed by atoms with Crippen LogP contribution in [-0.4, -0.2) is 27.6 Å². The third-order valence-electron chi connectivity index (χ3n) is 5.34. The Bertz CT molecular complexity index is 1540. The zero-order chi connectivity index (χ0) is 26.1. The Kier molecular flexibility index (Phi) is 6.68. The standard InChI is InChI=1S/C25H21F3N2O5S/c1-15-14-16(30-36(31,32)22-7-5-4-6-18(22)25(26,27)28)8-10-19(15)35-20-12-13-29-23-17(20)9-11-21(33-2)24(23)34-3/h4-14,30H,1-3H3. The second kappa shape index (κ2) is 9.57. The van der Waals surface area contributed by atoms with Crippen molar-refractivity contribution < 1.29 is 35.8 Å². The number of anilines is 1. The summed E-state index contributed by atoms with van der Waals surface area (Å²) in [5.74, 6) is 1.84. The average molecular weight is 519 g/mol. The number of benzene rings is 3. The number of fused-ring (bicyclic) bond motifs is 1. The summed E-state index contributed by atoms with van der Waals surface area (Å²) in [6.45, 7) is 1.68. The number of sulfonamides is 1. The highest BCUT2D eigenvalue weighted by Gasteiger charge is 2.37. The van der Waals surface area contributed by atoms with Gasteiger partial charge in [0.15, 0.2) is 11.5 Å². The molecule has 11 heteroatoms. The van der Waals surface area contributed by atoms with Crippen molar-refractivity contribution in [3.63, 3.8) is 0 Å². The van der Waals surface area contributed by atoms with Crippen LogP contribution in [0.3, 0.4) is 0 Å². The van der Waals surface area contributed by atoms with Crippen molar-refractivity contribution in [1.82, 2.24) is 4.98 Å². The number of nitrogens with one attached hydrogen (secondary N) is 1. The molecule has 1 N–H and O–H groups in total. The highest BCUT2D eigenvalue weighted by Crippen LogP contribution is 2.40. The predicted molar refractivity (Wildman–Crippen MR) is 128 cm³/mol. The Labute approximate surface area is 205 Å². The van der Waals surface area contributed by atoms with Crippen molar-refractivity contribution in [2.45, 2.75) is 18.0 Å². The lowest BCUT2D eigenvalue weighted by atomic mass is 10.1. The fourth-order valence-corrected chi connectivity index (χ4v) is 4.97. The molecular formula is C25H21F3N2O5S. The number of ether oxygens (including phenoxy) is 3. The zero-order valence-corrected chi connectivity index (χ0v) is 20.2. The number of nitrogens with zero attached hydrogens (tertiary/aromatic N) is 1. The molecule has 0 saturated carbocycles. The van der Waals surface area contributed by atoms with Gasteiger partial charge < -0.3 is 14.2 Å². The Morgan fingerprint density at radius 3 is 2.28 bits per heavy atom. The van der Waals surface area contributed by atoms with Gasteiger partial charge in [0.1, 0.15) is 17.0 Å². The lowest BCUT2D eigenvalue weighted by Crippen LogP contribution is -2.18. The Balaban J connectivity index is 1.64. The third-order valence-corrected chi connectivity index (χ3v) is 6.78. The quantitative estimate of drug-likeness (QED) is 0.315. The number of pyridine rings is 1. The lowest BCUT2D eigenvalue weighted by Gasteiger charge is -2.16. The SMILES string of the molecule is COc1ccc2c(Oc3ccc(NS(=O)(=O)c4ccccc4C(F)(F)F)cc3C)ccnc2c1OC. The van der Waals surface area contributed by atoms with E-state index in [4.69, 9.17) is 14.2 Å². The second-order valence-corrected chi connectivity index (χ2v) is 9.34. The van der Waals surface area contributed by atoms with Crippen molar-refractivity contribution in [2.75, 3.05) is 18.9 Å². The van der Waals surface area contributed by atoms with Crippen LogP contribution in [0.2, 0.25) is 0 Å². The van der Waals surface area contributed by atoms with E-state index in [9.17, 15) is 21.6 Å². The first-order chi connectivity index (χ1) is 17.0. The van der Waals surface area contributed by atoms with E-state index in [0.29, 0.717) is 39.5 Å². The molecule has 0 aliphatic carbocycles. The number of methoxy groups -OCH3 is 2. The number of alkyl halides is 3. The zero-order valence-electron chi connectivity index (χ0n) is 19.4. The largest absolute Gasteiger partial charge is 0.493 e. The fraction of sp³-hybridized carbons (Fsp3) is 0.160. The van der Waals surface area contributed by atoms with Crippen molar-refractivity contribution >= 4 is 26.6 Å². The van der Waals surface area contributed by atoms with Crippen molar-refractivity contribution in [3.8, 4) is 23.0 Å². The first-order valence-electron chi connectivity index (χ1n) is 10.5. The van der Waals surface area contributed by atoms with Crippen molar-refractivity contribution in [3.05, 3.63) is 78.0 Å². The summed E-state index contributed by atoms with van der Waals surface area (Å²) in [6.07, 6.45) is -3.27. The Morgan fingerprint density at radius 2 is 1.61 bits per heavy atom. The molecule has 0 atom stereocenters. The molecule has 0 fully saturated rings. The number of aryl methyl sites for hydroxylation is 1. The smallest absolute Gasteiger partial charge is 0.417 e. The third kappa shape index (κ3) is 4.87. The Morgan fingerprint density at radius 1 is 0.889 bits per heavy atom. The molecule has 0 unspecified atom stereocenters. The maximum atomic E-state index is 13.3. The molecular weight excluding hydrogens is 497 g/mol. The number of hydrogen-bond acceptors (Lipinski definition) is 6. The highest BCUT2D eigenvalue weighted by atomic mass is 32.2. The first-order valence-corrected chi connectivity index (χ1v) is 12.0. The maximum absolute atomic E-state index is 13.3. The summed E-state index contributed by atoms with van der Waals surface area (Å²) in [6, 6.07) is 13.6. The average Bonchev–Trinajstić information content (AvgIpc) is 2.84. The normalized spacial score (nSPS) is 11.8. The monoisotopic (exact) mass is 518 g/mol. The molecule has 0 bridgehead atoms.